The smallest absolute Gasteiger partial charge is 0.310 e. The Labute approximate surface area is 163 Å². The lowest BCUT2D eigenvalue weighted by Gasteiger charge is -2.33. The van der Waals surface area contributed by atoms with Gasteiger partial charge in [0.15, 0.2) is 12.4 Å². The molecule has 9 heteroatoms. The second kappa shape index (κ2) is 9.14. The maximum absolute atomic E-state index is 12.0. The molecule has 9 nitrogen and oxygen atoms in total. The number of carbonyl (C=O) groups excluding carboxylic acids is 1. The van der Waals surface area contributed by atoms with Crippen LogP contribution in [0.2, 0.25) is 0 Å². The molecule has 0 aliphatic carbocycles. The third-order valence-electron chi connectivity index (χ3n) is 4.55. The van der Waals surface area contributed by atoms with E-state index >= 15 is 0 Å². The van der Waals surface area contributed by atoms with E-state index in [1.165, 1.54) is 12.1 Å². The van der Waals surface area contributed by atoms with Gasteiger partial charge in [-0.1, -0.05) is 18.2 Å². The number of aromatic nitrogens is 1. The number of ether oxygens (including phenoxy) is 1. The first-order chi connectivity index (χ1) is 13.5. The quantitative estimate of drug-likeness (QED) is 0.568. The molecule has 1 amide bonds. The summed E-state index contributed by atoms with van der Waals surface area (Å²) in [4.78, 5) is 31.4. The molecule has 2 aromatic rings. The van der Waals surface area contributed by atoms with Crippen LogP contribution in [0.25, 0.3) is 0 Å². The van der Waals surface area contributed by atoms with Crippen LogP contribution in [0.5, 0.6) is 5.75 Å². The zero-order valence-electron chi connectivity index (χ0n) is 15.7. The van der Waals surface area contributed by atoms with Crippen LogP contribution >= 0.6 is 0 Å². The van der Waals surface area contributed by atoms with Crippen molar-refractivity contribution < 1.29 is 14.5 Å². The SMILES string of the molecule is CN1CCN(c2ccc(CNC(=O)COc3ccccc3[N+](=O)[O-])cn2)CC1. The van der Waals surface area contributed by atoms with Crippen LogP contribution in [-0.4, -0.2) is 60.5 Å². The number of likely N-dealkylation sites (N-methyl/N-ethyl adjacent to an activating group) is 1. The summed E-state index contributed by atoms with van der Waals surface area (Å²) in [6.45, 7) is 3.94. The van der Waals surface area contributed by atoms with Crippen molar-refractivity contribution in [3.05, 3.63) is 58.3 Å². The summed E-state index contributed by atoms with van der Waals surface area (Å²) in [5.41, 5.74) is 0.705. The molecule has 1 N–H and O–H groups in total. The molecule has 148 valence electrons. The molecule has 0 spiro atoms. The van der Waals surface area contributed by atoms with E-state index in [-0.39, 0.29) is 24.0 Å². The van der Waals surface area contributed by atoms with Gasteiger partial charge in [0.1, 0.15) is 5.82 Å². The molecule has 1 fully saturated rings. The van der Waals surface area contributed by atoms with Gasteiger partial charge in [-0.05, 0) is 24.7 Å². The number of nitro benzene ring substituents is 1. The summed E-state index contributed by atoms with van der Waals surface area (Å²) in [5.74, 6) is 0.644. The number of piperazine rings is 1. The highest BCUT2D eigenvalue weighted by Gasteiger charge is 2.16. The van der Waals surface area contributed by atoms with Crippen molar-refractivity contribution in [2.75, 3.05) is 44.7 Å². The Hall–Kier alpha value is -3.20. The molecular weight excluding hydrogens is 362 g/mol. The zero-order valence-corrected chi connectivity index (χ0v) is 15.7. The lowest BCUT2D eigenvalue weighted by molar-refractivity contribution is -0.385. The Bertz CT molecular complexity index is 819. The normalized spacial score (nSPS) is 14.5. The number of anilines is 1. The van der Waals surface area contributed by atoms with Crippen molar-refractivity contribution in [1.29, 1.82) is 0 Å². The number of benzene rings is 1. The minimum absolute atomic E-state index is 0.0702. The summed E-state index contributed by atoms with van der Waals surface area (Å²) in [7, 11) is 2.11. The van der Waals surface area contributed by atoms with Gasteiger partial charge in [0.2, 0.25) is 0 Å². The molecule has 0 atom stereocenters. The lowest BCUT2D eigenvalue weighted by atomic mass is 10.2. The summed E-state index contributed by atoms with van der Waals surface area (Å²) in [6.07, 6.45) is 1.75. The fourth-order valence-corrected chi connectivity index (χ4v) is 2.87. The van der Waals surface area contributed by atoms with E-state index in [0.717, 1.165) is 37.6 Å². The van der Waals surface area contributed by atoms with Gasteiger partial charge in [-0.15, -0.1) is 0 Å². The summed E-state index contributed by atoms with van der Waals surface area (Å²) in [5, 5.41) is 13.7. The van der Waals surface area contributed by atoms with Crippen molar-refractivity contribution in [3.8, 4) is 5.75 Å². The molecule has 1 aromatic heterocycles. The van der Waals surface area contributed by atoms with E-state index in [4.69, 9.17) is 4.74 Å². The Morgan fingerprint density at radius 2 is 1.96 bits per heavy atom. The van der Waals surface area contributed by atoms with Crippen molar-refractivity contribution >= 4 is 17.4 Å². The van der Waals surface area contributed by atoms with Crippen molar-refractivity contribution in [3.63, 3.8) is 0 Å². The molecule has 0 unspecified atom stereocenters. The number of carbonyl (C=O) groups is 1. The van der Waals surface area contributed by atoms with Crippen molar-refractivity contribution in [2.24, 2.45) is 0 Å². The highest BCUT2D eigenvalue weighted by molar-refractivity contribution is 5.77. The van der Waals surface area contributed by atoms with Crippen LogP contribution in [0.3, 0.4) is 0 Å². The second-order valence-electron chi connectivity index (χ2n) is 6.61. The van der Waals surface area contributed by atoms with Gasteiger partial charge >= 0.3 is 5.69 Å². The predicted octanol–water partition coefficient (Wildman–Crippen LogP) is 1.44. The summed E-state index contributed by atoms with van der Waals surface area (Å²) >= 11 is 0. The van der Waals surface area contributed by atoms with E-state index < -0.39 is 4.92 Å². The zero-order chi connectivity index (χ0) is 19.9. The first-order valence-corrected chi connectivity index (χ1v) is 9.04. The molecule has 0 bridgehead atoms. The molecule has 3 rings (SSSR count). The minimum atomic E-state index is -0.541. The third kappa shape index (κ3) is 5.17. The Morgan fingerprint density at radius 1 is 1.21 bits per heavy atom. The van der Waals surface area contributed by atoms with Crippen LogP contribution in [0.15, 0.2) is 42.6 Å². The van der Waals surface area contributed by atoms with Gasteiger partial charge in [0, 0.05) is 45.0 Å². The van der Waals surface area contributed by atoms with Crippen molar-refractivity contribution in [2.45, 2.75) is 6.54 Å². The molecule has 1 aliphatic heterocycles. The van der Waals surface area contributed by atoms with E-state index in [9.17, 15) is 14.9 Å². The van der Waals surface area contributed by atoms with Crippen LogP contribution in [-0.2, 0) is 11.3 Å². The number of hydrogen-bond acceptors (Lipinski definition) is 7. The summed E-state index contributed by atoms with van der Waals surface area (Å²) in [6, 6.07) is 9.85. The van der Waals surface area contributed by atoms with Gasteiger partial charge in [-0.25, -0.2) is 4.98 Å². The lowest BCUT2D eigenvalue weighted by Crippen LogP contribution is -2.44. The number of rotatable bonds is 7. The third-order valence-corrected chi connectivity index (χ3v) is 4.55. The van der Waals surface area contributed by atoms with Gasteiger partial charge in [-0.2, -0.15) is 0 Å². The number of para-hydroxylation sites is 2. The number of hydrogen-bond donors (Lipinski definition) is 1. The molecule has 0 saturated carbocycles. The van der Waals surface area contributed by atoms with E-state index in [0.29, 0.717) is 6.54 Å². The van der Waals surface area contributed by atoms with E-state index in [2.05, 4.69) is 27.1 Å². The fourth-order valence-electron chi connectivity index (χ4n) is 2.87. The average Bonchev–Trinajstić information content (AvgIpc) is 2.72. The molecule has 0 radical (unpaired) electrons. The van der Waals surface area contributed by atoms with Crippen LogP contribution in [0, 0.1) is 10.1 Å². The topological polar surface area (TPSA) is 101 Å². The fraction of sp³-hybridized carbons (Fsp3) is 0.368. The number of nitro groups is 1. The van der Waals surface area contributed by atoms with Gasteiger partial charge in [0.05, 0.1) is 4.92 Å². The first-order valence-electron chi connectivity index (χ1n) is 9.04. The monoisotopic (exact) mass is 385 g/mol. The highest BCUT2D eigenvalue weighted by atomic mass is 16.6. The molecule has 1 aromatic carbocycles. The first kappa shape index (κ1) is 19.6. The number of amides is 1. The molecule has 2 heterocycles. The predicted molar refractivity (Wildman–Crippen MR) is 104 cm³/mol. The highest BCUT2D eigenvalue weighted by Crippen LogP contribution is 2.25. The maximum atomic E-state index is 12.0. The van der Waals surface area contributed by atoms with Gasteiger partial charge in [-0.3, -0.25) is 14.9 Å². The largest absolute Gasteiger partial charge is 0.477 e. The number of pyridine rings is 1. The molecule has 1 aliphatic rings. The molecule has 28 heavy (non-hydrogen) atoms. The number of nitrogens with one attached hydrogen (secondary N) is 1. The van der Waals surface area contributed by atoms with Crippen LogP contribution in [0.4, 0.5) is 11.5 Å². The second-order valence-corrected chi connectivity index (χ2v) is 6.61. The Balaban J connectivity index is 1.46. The molecular formula is C19H23N5O4. The summed E-state index contributed by atoms with van der Waals surface area (Å²) < 4.78 is 5.28. The maximum Gasteiger partial charge on any atom is 0.310 e. The Morgan fingerprint density at radius 3 is 2.64 bits per heavy atom. The standard InChI is InChI=1S/C19H23N5O4/c1-22-8-10-23(11-9-22)18-7-6-15(12-20-18)13-21-19(25)14-28-17-5-3-2-4-16(17)24(26)27/h2-7,12H,8-11,13-14H2,1H3,(H,21,25). The Kier molecular flexibility index (Phi) is 6.38. The van der Waals surface area contributed by atoms with Crippen LogP contribution in [0.1, 0.15) is 5.56 Å². The van der Waals surface area contributed by atoms with Gasteiger partial charge in [0.25, 0.3) is 5.91 Å². The van der Waals surface area contributed by atoms with E-state index in [1.54, 1.807) is 18.3 Å². The minimum Gasteiger partial charge on any atom is -0.477 e. The van der Waals surface area contributed by atoms with Gasteiger partial charge < -0.3 is 19.9 Å². The van der Waals surface area contributed by atoms with Crippen LogP contribution < -0.4 is 15.0 Å². The molecule has 1 saturated heterocycles. The van der Waals surface area contributed by atoms with Crippen molar-refractivity contribution in [1.82, 2.24) is 15.2 Å². The number of nitrogens with zero attached hydrogens (tertiary/aromatic N) is 4. The van der Waals surface area contributed by atoms with E-state index in [1.807, 2.05) is 12.1 Å². The average molecular weight is 385 g/mol.